The number of piperidine rings is 1. The number of nitrogens with one attached hydrogen (secondary N) is 3. The van der Waals surface area contributed by atoms with Crippen molar-refractivity contribution in [3.63, 3.8) is 0 Å². The van der Waals surface area contributed by atoms with Gasteiger partial charge in [-0.1, -0.05) is 31.5 Å². The highest BCUT2D eigenvalue weighted by molar-refractivity contribution is 6.04. The first kappa shape index (κ1) is 24.6. The maximum absolute atomic E-state index is 13.1. The van der Waals surface area contributed by atoms with Gasteiger partial charge in [0.05, 0.1) is 5.56 Å². The molecule has 1 fully saturated rings. The molecule has 2 aromatic carbocycles. The predicted molar refractivity (Wildman–Crippen MR) is 136 cm³/mol. The minimum Gasteiger partial charge on any atom is -0.371 e. The summed E-state index contributed by atoms with van der Waals surface area (Å²) in [6.07, 6.45) is 3.48. The standard InChI is InChI=1S/C26H37N5O2/c1-4-30(5-2)18-15-27-25(32)23-19-22(13-14-24(23)31-16-7-6-8-17-31)29-26(33)28-21-11-9-20(3)10-12-21/h9-14,19H,4-8,15-18H2,1-3H3,(H,27,32)(H2,28,29,33). The molecule has 1 aliphatic heterocycles. The van der Waals surface area contributed by atoms with Crippen LogP contribution in [0.25, 0.3) is 0 Å². The zero-order chi connectivity index (χ0) is 23.6. The Labute approximate surface area is 197 Å². The smallest absolute Gasteiger partial charge is 0.323 e. The van der Waals surface area contributed by atoms with Gasteiger partial charge in [-0.25, -0.2) is 4.79 Å². The van der Waals surface area contributed by atoms with Crippen molar-refractivity contribution in [2.75, 3.05) is 54.8 Å². The van der Waals surface area contributed by atoms with Gasteiger partial charge in [-0.15, -0.1) is 0 Å². The summed E-state index contributed by atoms with van der Waals surface area (Å²) in [7, 11) is 0. The van der Waals surface area contributed by atoms with E-state index in [-0.39, 0.29) is 11.9 Å². The Morgan fingerprint density at radius 1 is 0.909 bits per heavy atom. The first-order valence-electron chi connectivity index (χ1n) is 12.0. The van der Waals surface area contributed by atoms with Crippen LogP contribution >= 0.6 is 0 Å². The molecule has 33 heavy (non-hydrogen) atoms. The van der Waals surface area contributed by atoms with E-state index in [1.54, 1.807) is 6.07 Å². The molecule has 0 aliphatic carbocycles. The molecule has 1 heterocycles. The van der Waals surface area contributed by atoms with Crippen molar-refractivity contribution < 1.29 is 9.59 Å². The SMILES string of the molecule is CCN(CC)CCNC(=O)c1cc(NC(=O)Nc2ccc(C)cc2)ccc1N1CCCCC1. The Morgan fingerprint density at radius 3 is 2.21 bits per heavy atom. The first-order chi connectivity index (χ1) is 16.0. The molecule has 2 aromatic rings. The molecule has 0 saturated carbocycles. The quantitative estimate of drug-likeness (QED) is 0.516. The number of hydrogen-bond donors (Lipinski definition) is 3. The van der Waals surface area contributed by atoms with Crippen LogP contribution in [0.1, 0.15) is 49.0 Å². The van der Waals surface area contributed by atoms with Crippen molar-refractivity contribution >= 4 is 29.0 Å². The number of rotatable bonds is 9. The zero-order valence-electron chi connectivity index (χ0n) is 20.1. The molecule has 0 unspecified atom stereocenters. The number of aryl methyl sites for hydroxylation is 1. The van der Waals surface area contributed by atoms with E-state index >= 15 is 0 Å². The number of carbonyl (C=O) groups is 2. The van der Waals surface area contributed by atoms with Crippen LogP contribution in [-0.4, -0.2) is 56.1 Å². The molecule has 7 nitrogen and oxygen atoms in total. The Morgan fingerprint density at radius 2 is 1.55 bits per heavy atom. The second-order valence-electron chi connectivity index (χ2n) is 8.51. The van der Waals surface area contributed by atoms with Crippen LogP contribution in [0.3, 0.4) is 0 Å². The van der Waals surface area contributed by atoms with Gasteiger partial charge in [-0.3, -0.25) is 4.79 Å². The summed E-state index contributed by atoms with van der Waals surface area (Å²) >= 11 is 0. The number of carbonyl (C=O) groups excluding carboxylic acids is 2. The predicted octanol–water partition coefficient (Wildman–Crippen LogP) is 4.70. The van der Waals surface area contributed by atoms with Gasteiger partial charge in [-0.05, 0) is 69.6 Å². The van der Waals surface area contributed by atoms with Crippen LogP contribution in [0.15, 0.2) is 42.5 Å². The molecular formula is C26H37N5O2. The number of urea groups is 1. The molecule has 0 aromatic heterocycles. The van der Waals surface area contributed by atoms with Crippen LogP contribution in [0.4, 0.5) is 21.9 Å². The summed E-state index contributed by atoms with van der Waals surface area (Å²) in [6, 6.07) is 12.9. The maximum Gasteiger partial charge on any atom is 0.323 e. The Kier molecular flexibility index (Phi) is 9.13. The van der Waals surface area contributed by atoms with Crippen LogP contribution in [0, 0.1) is 6.92 Å². The summed E-state index contributed by atoms with van der Waals surface area (Å²) in [4.78, 5) is 30.2. The first-order valence-corrected chi connectivity index (χ1v) is 12.0. The zero-order valence-corrected chi connectivity index (χ0v) is 20.1. The van der Waals surface area contributed by atoms with Crippen molar-refractivity contribution in [3.05, 3.63) is 53.6 Å². The van der Waals surface area contributed by atoms with Crippen LogP contribution in [0.2, 0.25) is 0 Å². The van der Waals surface area contributed by atoms with Gasteiger partial charge in [0.1, 0.15) is 0 Å². The minimum atomic E-state index is -0.336. The maximum atomic E-state index is 13.1. The number of amides is 3. The summed E-state index contributed by atoms with van der Waals surface area (Å²) < 4.78 is 0. The van der Waals surface area contributed by atoms with E-state index in [4.69, 9.17) is 0 Å². The van der Waals surface area contributed by atoms with E-state index in [0.29, 0.717) is 17.8 Å². The number of likely N-dealkylation sites (N-methyl/N-ethyl adjacent to an activating group) is 1. The van der Waals surface area contributed by atoms with E-state index in [9.17, 15) is 9.59 Å². The van der Waals surface area contributed by atoms with Crippen molar-refractivity contribution in [3.8, 4) is 0 Å². The van der Waals surface area contributed by atoms with Crippen molar-refractivity contribution in [2.24, 2.45) is 0 Å². The van der Waals surface area contributed by atoms with Crippen molar-refractivity contribution in [1.82, 2.24) is 10.2 Å². The van der Waals surface area contributed by atoms with Gasteiger partial charge in [0.2, 0.25) is 0 Å². The van der Waals surface area contributed by atoms with Gasteiger partial charge in [0, 0.05) is 43.2 Å². The van der Waals surface area contributed by atoms with Crippen LogP contribution in [-0.2, 0) is 0 Å². The van der Waals surface area contributed by atoms with Gasteiger partial charge < -0.3 is 25.8 Å². The number of nitrogens with zero attached hydrogens (tertiary/aromatic N) is 2. The second-order valence-corrected chi connectivity index (χ2v) is 8.51. The summed E-state index contributed by atoms with van der Waals surface area (Å²) in [5.74, 6) is -0.106. The monoisotopic (exact) mass is 451 g/mol. The molecule has 1 saturated heterocycles. The summed E-state index contributed by atoms with van der Waals surface area (Å²) in [6.45, 7) is 11.5. The Hall–Kier alpha value is -3.06. The lowest BCUT2D eigenvalue weighted by atomic mass is 10.1. The van der Waals surface area contributed by atoms with E-state index in [1.807, 2.05) is 43.3 Å². The number of hydrogen-bond acceptors (Lipinski definition) is 4. The average molecular weight is 452 g/mol. The third-order valence-electron chi connectivity index (χ3n) is 6.11. The van der Waals surface area contributed by atoms with Crippen LogP contribution in [0.5, 0.6) is 0 Å². The Balaban J connectivity index is 1.73. The number of anilines is 3. The Bertz CT molecular complexity index is 919. The van der Waals surface area contributed by atoms with E-state index in [2.05, 4.69) is 39.6 Å². The van der Waals surface area contributed by atoms with Gasteiger partial charge in [0.15, 0.2) is 0 Å². The normalized spacial score (nSPS) is 13.6. The minimum absolute atomic E-state index is 0.106. The van der Waals surface area contributed by atoms with Crippen molar-refractivity contribution in [2.45, 2.75) is 40.0 Å². The highest BCUT2D eigenvalue weighted by atomic mass is 16.2. The van der Waals surface area contributed by atoms with E-state index in [0.717, 1.165) is 62.5 Å². The lowest BCUT2D eigenvalue weighted by Gasteiger charge is -2.30. The molecule has 7 heteroatoms. The topological polar surface area (TPSA) is 76.7 Å². The average Bonchev–Trinajstić information content (AvgIpc) is 2.83. The van der Waals surface area contributed by atoms with Gasteiger partial charge >= 0.3 is 6.03 Å². The second kappa shape index (κ2) is 12.3. The molecule has 0 spiro atoms. The van der Waals surface area contributed by atoms with Gasteiger partial charge in [0.25, 0.3) is 5.91 Å². The third-order valence-corrected chi connectivity index (χ3v) is 6.11. The molecule has 0 atom stereocenters. The van der Waals surface area contributed by atoms with Gasteiger partial charge in [-0.2, -0.15) is 0 Å². The molecule has 3 amide bonds. The molecule has 0 bridgehead atoms. The molecule has 1 aliphatic rings. The highest BCUT2D eigenvalue weighted by Gasteiger charge is 2.20. The fourth-order valence-corrected chi connectivity index (χ4v) is 4.10. The lowest BCUT2D eigenvalue weighted by molar-refractivity contribution is 0.0949. The largest absolute Gasteiger partial charge is 0.371 e. The molecule has 178 valence electrons. The summed E-state index contributed by atoms with van der Waals surface area (Å²) in [5, 5.41) is 8.77. The van der Waals surface area contributed by atoms with E-state index < -0.39 is 0 Å². The van der Waals surface area contributed by atoms with Crippen molar-refractivity contribution in [1.29, 1.82) is 0 Å². The molecule has 3 rings (SSSR count). The number of benzene rings is 2. The third kappa shape index (κ3) is 7.22. The molecule has 3 N–H and O–H groups in total. The summed E-state index contributed by atoms with van der Waals surface area (Å²) in [5.41, 5.74) is 3.97. The molecular weight excluding hydrogens is 414 g/mol. The fourth-order valence-electron chi connectivity index (χ4n) is 4.10. The van der Waals surface area contributed by atoms with Crippen LogP contribution < -0.4 is 20.9 Å². The highest BCUT2D eigenvalue weighted by Crippen LogP contribution is 2.27. The lowest BCUT2D eigenvalue weighted by Crippen LogP contribution is -2.36. The molecule has 0 radical (unpaired) electrons. The fraction of sp³-hybridized carbons (Fsp3) is 0.462. The van der Waals surface area contributed by atoms with E-state index in [1.165, 1.54) is 6.42 Å².